The van der Waals surface area contributed by atoms with Gasteiger partial charge in [0.15, 0.2) is 12.1 Å². The van der Waals surface area contributed by atoms with Crippen LogP contribution in [0.5, 0.6) is 17.2 Å². The molecule has 1 heterocycles. The fourth-order valence-corrected chi connectivity index (χ4v) is 5.57. The molecule has 1 aliphatic heterocycles. The first-order chi connectivity index (χ1) is 20.1. The number of fused-ring (bicyclic) bond motifs is 3. The highest BCUT2D eigenvalue weighted by Crippen LogP contribution is 2.51. The Morgan fingerprint density at radius 3 is 2.37 bits per heavy atom. The van der Waals surface area contributed by atoms with E-state index in [4.69, 9.17) is 14.2 Å². The second-order valence-electron chi connectivity index (χ2n) is 10.2. The van der Waals surface area contributed by atoms with Crippen molar-refractivity contribution >= 4 is 29.5 Å². The van der Waals surface area contributed by atoms with Crippen molar-refractivity contribution in [3.8, 4) is 17.2 Å². The summed E-state index contributed by atoms with van der Waals surface area (Å²) in [4.78, 5) is 50.6. The number of halogens is 3. The van der Waals surface area contributed by atoms with Gasteiger partial charge in [-0.05, 0) is 19.1 Å². The molecule has 228 valence electrons. The highest BCUT2D eigenvalue weighted by molar-refractivity contribution is 6.31. The maximum absolute atomic E-state index is 13.6. The van der Waals surface area contributed by atoms with E-state index in [1.165, 1.54) is 32.2 Å². The number of nitrogens with one attached hydrogen (secondary N) is 1. The zero-order valence-corrected chi connectivity index (χ0v) is 22.4. The van der Waals surface area contributed by atoms with Crippen molar-refractivity contribution in [3.63, 3.8) is 0 Å². The van der Waals surface area contributed by atoms with Crippen LogP contribution in [-0.4, -0.2) is 81.7 Å². The Balaban J connectivity index is 1.58. The van der Waals surface area contributed by atoms with Gasteiger partial charge in [-0.2, -0.15) is 13.2 Å². The number of carboxylic acids is 1. The van der Waals surface area contributed by atoms with Gasteiger partial charge in [0, 0.05) is 35.1 Å². The van der Waals surface area contributed by atoms with Crippen LogP contribution >= 0.6 is 0 Å². The van der Waals surface area contributed by atoms with Gasteiger partial charge in [-0.1, -0.05) is 12.1 Å². The predicted octanol–water partition coefficient (Wildman–Crippen LogP) is 2.35. The molecule has 5 rings (SSSR count). The molecular weight excluding hydrogens is 583 g/mol. The largest absolute Gasteiger partial charge is 0.507 e. The predicted molar refractivity (Wildman–Crippen MR) is 137 cm³/mol. The quantitative estimate of drug-likeness (QED) is 0.268. The van der Waals surface area contributed by atoms with Gasteiger partial charge in [0.05, 0.1) is 42.0 Å². The van der Waals surface area contributed by atoms with Crippen LogP contribution in [-0.2, 0) is 19.1 Å². The molecule has 2 aliphatic carbocycles. The summed E-state index contributed by atoms with van der Waals surface area (Å²) >= 11 is 0. The molecule has 1 saturated heterocycles. The third-order valence-corrected chi connectivity index (χ3v) is 7.61. The van der Waals surface area contributed by atoms with E-state index in [2.05, 4.69) is 0 Å². The minimum atomic E-state index is -5.24. The van der Waals surface area contributed by atoms with E-state index in [1.54, 1.807) is 5.32 Å². The zero-order chi connectivity index (χ0) is 31.5. The molecule has 0 bridgehead atoms. The number of carbonyl (C=O) groups is 4. The summed E-state index contributed by atoms with van der Waals surface area (Å²) in [6, 6.07) is 2.70. The van der Waals surface area contributed by atoms with E-state index in [-0.39, 0.29) is 33.6 Å². The van der Waals surface area contributed by atoms with Crippen LogP contribution in [0.25, 0.3) is 6.08 Å². The lowest BCUT2D eigenvalue weighted by molar-refractivity contribution is -0.244. The second kappa shape index (κ2) is 10.7. The van der Waals surface area contributed by atoms with E-state index in [1.807, 2.05) is 0 Å². The molecule has 5 unspecified atom stereocenters. The van der Waals surface area contributed by atoms with E-state index >= 15 is 0 Å². The molecule has 0 aromatic heterocycles. The van der Waals surface area contributed by atoms with Gasteiger partial charge in [-0.3, -0.25) is 14.4 Å². The Morgan fingerprint density at radius 1 is 1.07 bits per heavy atom. The summed E-state index contributed by atoms with van der Waals surface area (Å²) in [7, 11) is 1.27. The van der Waals surface area contributed by atoms with Gasteiger partial charge < -0.3 is 40.0 Å². The number of carboxylic acid groups (broad SMARTS) is 1. The van der Waals surface area contributed by atoms with Crippen molar-refractivity contribution in [2.24, 2.45) is 0 Å². The van der Waals surface area contributed by atoms with Crippen LogP contribution in [0, 0.1) is 0 Å². The lowest BCUT2D eigenvalue weighted by Gasteiger charge is -2.40. The molecule has 3 aliphatic rings. The topological polar surface area (TPSA) is 189 Å². The number of phenols is 2. The maximum atomic E-state index is 13.6. The minimum absolute atomic E-state index is 0.0223. The third-order valence-electron chi connectivity index (χ3n) is 7.61. The number of aliphatic hydroxyl groups is 1. The highest BCUT2D eigenvalue weighted by Gasteiger charge is 2.46. The Labute approximate surface area is 240 Å². The molecule has 0 radical (unpaired) electrons. The summed E-state index contributed by atoms with van der Waals surface area (Å²) in [5, 5.41) is 44.4. The smallest absolute Gasteiger partial charge is 0.471 e. The zero-order valence-electron chi connectivity index (χ0n) is 22.4. The number of hydrogen-bond donors (Lipinski definition) is 5. The van der Waals surface area contributed by atoms with Gasteiger partial charge in [0.25, 0.3) is 0 Å². The molecule has 15 heteroatoms. The number of aromatic hydroxyl groups is 2. The van der Waals surface area contributed by atoms with Crippen LogP contribution in [0.1, 0.15) is 68.8 Å². The number of carbonyl (C=O) groups excluding carboxylic acids is 3. The van der Waals surface area contributed by atoms with Gasteiger partial charge in [0.1, 0.15) is 23.4 Å². The van der Waals surface area contributed by atoms with Crippen molar-refractivity contribution in [1.29, 1.82) is 0 Å². The molecular formula is C28H24F3NO11. The molecule has 2 aromatic rings. The van der Waals surface area contributed by atoms with Crippen LogP contribution in [0.4, 0.5) is 13.2 Å². The Bertz CT molecular complexity index is 1600. The van der Waals surface area contributed by atoms with E-state index in [9.17, 15) is 52.8 Å². The third kappa shape index (κ3) is 4.98. The number of benzene rings is 2. The number of rotatable bonds is 5. The average Bonchev–Trinajstić information content (AvgIpc) is 2.94. The summed E-state index contributed by atoms with van der Waals surface area (Å²) < 4.78 is 55.3. The normalized spacial score (nSPS) is 24.8. The van der Waals surface area contributed by atoms with Crippen molar-refractivity contribution in [2.45, 2.75) is 56.6 Å². The molecule has 0 saturated carbocycles. The van der Waals surface area contributed by atoms with Gasteiger partial charge in [-0.15, -0.1) is 0 Å². The number of ketones is 2. The molecule has 43 heavy (non-hydrogen) atoms. The molecule has 5 N–H and O–H groups in total. The van der Waals surface area contributed by atoms with Crippen molar-refractivity contribution in [1.82, 2.24) is 5.32 Å². The second-order valence-corrected chi connectivity index (χ2v) is 10.2. The highest BCUT2D eigenvalue weighted by atomic mass is 19.4. The average molecular weight is 607 g/mol. The van der Waals surface area contributed by atoms with Crippen LogP contribution < -0.4 is 10.1 Å². The summed E-state index contributed by atoms with van der Waals surface area (Å²) in [5.41, 5.74) is -2.38. The fourth-order valence-electron chi connectivity index (χ4n) is 5.57. The minimum Gasteiger partial charge on any atom is -0.507 e. The first kappa shape index (κ1) is 30.0. The van der Waals surface area contributed by atoms with Crippen molar-refractivity contribution in [2.75, 3.05) is 7.11 Å². The Kier molecular flexibility index (Phi) is 7.44. The van der Waals surface area contributed by atoms with Crippen molar-refractivity contribution in [3.05, 3.63) is 57.2 Å². The maximum Gasteiger partial charge on any atom is 0.471 e. The van der Waals surface area contributed by atoms with Gasteiger partial charge in [0.2, 0.25) is 5.78 Å². The number of aliphatic hydroxyl groups excluding tert-OH is 1. The van der Waals surface area contributed by atoms with Crippen LogP contribution in [0.3, 0.4) is 0 Å². The molecule has 1 fully saturated rings. The number of ether oxygens (including phenoxy) is 3. The summed E-state index contributed by atoms with van der Waals surface area (Å²) in [6.07, 6.45) is -10.9. The van der Waals surface area contributed by atoms with E-state index in [0.717, 1.165) is 6.08 Å². The lowest BCUT2D eigenvalue weighted by Crippen LogP contribution is -2.57. The lowest BCUT2D eigenvalue weighted by atomic mass is 9.77. The molecule has 12 nitrogen and oxygen atoms in total. The first-order valence-corrected chi connectivity index (χ1v) is 12.8. The standard InChI is InChI=1S/C28H24F3NO11/c1-9-21(33)13(32-27(40)28(29,30)31)8-16(42-9)43-15-7-10(26(38)39)6-12-18(15)25(37)20-19(23(12)35)22(34)11-4-3-5-14(41-2)17(11)24(20)36/h3-6,9,13,15-16,21,33,35,37H,7-8H2,1-2H3,(H,32,40)(H,38,39). The number of hydrogen-bond acceptors (Lipinski definition) is 10. The fraction of sp³-hybridized carbons (Fsp3) is 0.357. The molecule has 1 amide bonds. The van der Waals surface area contributed by atoms with E-state index in [0.29, 0.717) is 0 Å². The number of aliphatic carboxylic acids is 1. The number of methoxy groups -OCH3 is 1. The van der Waals surface area contributed by atoms with E-state index < -0.39 is 95.7 Å². The molecule has 0 spiro atoms. The summed E-state index contributed by atoms with van der Waals surface area (Å²) in [6.45, 7) is 1.30. The number of amides is 1. The SMILES string of the molecule is COc1cccc2c1C(=O)c1c(O)c3c(c(O)c1C2=O)C=C(C(=O)O)CC3OC1CC(NC(=O)C(F)(F)F)C(O)C(C)O1. The number of alkyl halides is 3. The monoisotopic (exact) mass is 607 g/mol. The number of phenolic OH excluding ortho intramolecular Hbond substituents is 2. The molecule has 2 aromatic carbocycles. The van der Waals surface area contributed by atoms with Crippen molar-refractivity contribution < 1.29 is 67.0 Å². The Morgan fingerprint density at radius 2 is 1.74 bits per heavy atom. The van der Waals surface area contributed by atoms with Crippen LogP contribution in [0.15, 0.2) is 23.8 Å². The first-order valence-electron chi connectivity index (χ1n) is 12.8. The summed E-state index contributed by atoms with van der Waals surface area (Å²) in [5.74, 6) is -7.04. The molecule has 5 atom stereocenters. The Hall–Kier alpha value is -4.47. The van der Waals surface area contributed by atoms with Gasteiger partial charge >= 0.3 is 18.1 Å². The van der Waals surface area contributed by atoms with Crippen LogP contribution in [0.2, 0.25) is 0 Å². The van der Waals surface area contributed by atoms with Gasteiger partial charge in [-0.25, -0.2) is 4.79 Å².